The van der Waals surface area contributed by atoms with Gasteiger partial charge in [-0.25, -0.2) is 0 Å². The van der Waals surface area contributed by atoms with E-state index in [4.69, 9.17) is 22.7 Å². The third-order valence-electron chi connectivity index (χ3n) is 2.50. The molecule has 0 aliphatic heterocycles. The van der Waals surface area contributed by atoms with Crippen LogP contribution in [0.15, 0.2) is 47.2 Å². The van der Waals surface area contributed by atoms with Crippen LogP contribution in [0.25, 0.3) is 0 Å². The van der Waals surface area contributed by atoms with Gasteiger partial charge >= 0.3 is 0 Å². The van der Waals surface area contributed by atoms with Crippen LogP contribution in [-0.4, -0.2) is 22.5 Å². The number of pyridine rings is 1. The Morgan fingerprint density at radius 2 is 2.05 bits per heavy atom. The summed E-state index contributed by atoms with van der Waals surface area (Å²) in [6.45, 7) is -0.102. The number of carbonyl (C=O) groups excluding carboxylic acids is 1. The SMILES string of the molecule is NC(=S)c1ccc(NC(=O)COc2cncc(Br)c2)cc1. The van der Waals surface area contributed by atoms with Crippen molar-refractivity contribution in [3.05, 3.63) is 52.8 Å². The summed E-state index contributed by atoms with van der Waals surface area (Å²) in [7, 11) is 0. The van der Waals surface area contributed by atoms with Crippen LogP contribution in [0.2, 0.25) is 0 Å². The Balaban J connectivity index is 1.88. The van der Waals surface area contributed by atoms with Gasteiger partial charge in [0.1, 0.15) is 10.7 Å². The molecule has 0 fully saturated rings. The maximum absolute atomic E-state index is 11.8. The van der Waals surface area contributed by atoms with Crippen LogP contribution in [0, 0.1) is 0 Å². The van der Waals surface area contributed by atoms with E-state index in [0.717, 1.165) is 10.0 Å². The van der Waals surface area contributed by atoms with Crippen molar-refractivity contribution >= 4 is 44.7 Å². The minimum absolute atomic E-state index is 0.102. The molecule has 0 aliphatic carbocycles. The van der Waals surface area contributed by atoms with E-state index in [1.54, 1.807) is 36.5 Å². The number of nitrogens with zero attached hydrogens (tertiary/aromatic N) is 1. The molecule has 0 radical (unpaired) electrons. The van der Waals surface area contributed by atoms with Gasteiger partial charge in [0.25, 0.3) is 5.91 Å². The van der Waals surface area contributed by atoms with E-state index < -0.39 is 0 Å². The van der Waals surface area contributed by atoms with E-state index in [-0.39, 0.29) is 12.5 Å². The maximum Gasteiger partial charge on any atom is 0.262 e. The highest BCUT2D eigenvalue weighted by atomic mass is 79.9. The molecule has 1 heterocycles. The lowest BCUT2D eigenvalue weighted by Gasteiger charge is -2.08. The monoisotopic (exact) mass is 365 g/mol. The molecule has 0 saturated carbocycles. The van der Waals surface area contributed by atoms with Gasteiger partial charge in [-0.15, -0.1) is 0 Å². The van der Waals surface area contributed by atoms with Gasteiger partial charge in [-0.2, -0.15) is 0 Å². The lowest BCUT2D eigenvalue weighted by Crippen LogP contribution is -2.20. The van der Waals surface area contributed by atoms with Crippen LogP contribution in [0.3, 0.4) is 0 Å². The van der Waals surface area contributed by atoms with Crippen molar-refractivity contribution in [1.82, 2.24) is 4.98 Å². The molecule has 0 spiro atoms. The fourth-order valence-corrected chi connectivity index (χ4v) is 2.02. The Hall–Kier alpha value is -1.99. The van der Waals surface area contributed by atoms with Gasteiger partial charge in [0.15, 0.2) is 6.61 Å². The molecular formula is C14H12BrN3O2S. The zero-order valence-electron chi connectivity index (χ0n) is 10.9. The van der Waals surface area contributed by atoms with Crippen LogP contribution in [0.1, 0.15) is 5.56 Å². The molecule has 7 heteroatoms. The normalized spacial score (nSPS) is 9.95. The first kappa shape index (κ1) is 15.4. The highest BCUT2D eigenvalue weighted by Gasteiger charge is 2.05. The Bertz CT molecular complexity index is 662. The summed E-state index contributed by atoms with van der Waals surface area (Å²) in [5, 5.41) is 2.71. The largest absolute Gasteiger partial charge is 0.482 e. The molecule has 1 aromatic carbocycles. The molecule has 0 atom stereocenters. The van der Waals surface area contributed by atoms with Gasteiger partial charge in [0, 0.05) is 21.9 Å². The number of amides is 1. The third-order valence-corrected chi connectivity index (χ3v) is 3.17. The second-order valence-electron chi connectivity index (χ2n) is 4.12. The molecule has 3 N–H and O–H groups in total. The zero-order chi connectivity index (χ0) is 15.2. The van der Waals surface area contributed by atoms with E-state index in [1.165, 1.54) is 6.20 Å². The van der Waals surface area contributed by atoms with E-state index in [9.17, 15) is 4.79 Å². The average molecular weight is 366 g/mol. The number of ether oxygens (including phenoxy) is 1. The zero-order valence-corrected chi connectivity index (χ0v) is 13.3. The highest BCUT2D eigenvalue weighted by molar-refractivity contribution is 9.10. The molecule has 5 nitrogen and oxygen atoms in total. The topological polar surface area (TPSA) is 77.2 Å². The number of nitrogens with two attached hydrogens (primary N) is 1. The summed E-state index contributed by atoms with van der Waals surface area (Å²) in [6.07, 6.45) is 3.17. The standard InChI is InChI=1S/C14H12BrN3O2S/c15-10-5-12(7-17-6-10)20-8-13(19)18-11-3-1-9(2-4-11)14(16)21/h1-7H,8H2,(H2,16,21)(H,18,19). The smallest absolute Gasteiger partial charge is 0.262 e. The third kappa shape index (κ3) is 4.80. The lowest BCUT2D eigenvalue weighted by molar-refractivity contribution is -0.118. The van der Waals surface area contributed by atoms with E-state index in [2.05, 4.69) is 26.2 Å². The summed E-state index contributed by atoms with van der Waals surface area (Å²) in [5.74, 6) is 0.251. The predicted octanol–water partition coefficient (Wildman–Crippen LogP) is 2.50. The molecule has 0 bridgehead atoms. The van der Waals surface area contributed by atoms with Crippen LogP contribution in [-0.2, 0) is 4.79 Å². The van der Waals surface area contributed by atoms with Gasteiger partial charge < -0.3 is 15.8 Å². The minimum atomic E-state index is -0.266. The molecule has 0 aliphatic rings. The Morgan fingerprint density at radius 1 is 1.33 bits per heavy atom. The number of hydrogen-bond donors (Lipinski definition) is 2. The van der Waals surface area contributed by atoms with Gasteiger partial charge in [-0.1, -0.05) is 12.2 Å². The van der Waals surface area contributed by atoms with E-state index in [0.29, 0.717) is 16.4 Å². The number of anilines is 1. The lowest BCUT2D eigenvalue weighted by atomic mass is 10.2. The molecule has 2 rings (SSSR count). The van der Waals surface area contributed by atoms with Crippen molar-refractivity contribution in [1.29, 1.82) is 0 Å². The average Bonchev–Trinajstić information content (AvgIpc) is 2.46. The first-order valence-electron chi connectivity index (χ1n) is 5.97. The summed E-state index contributed by atoms with van der Waals surface area (Å²) in [4.78, 5) is 16.0. The number of hydrogen-bond acceptors (Lipinski definition) is 4. The number of benzene rings is 1. The number of thiocarbonyl (C=S) groups is 1. The molecule has 0 saturated heterocycles. The quantitative estimate of drug-likeness (QED) is 0.796. The Kier molecular flexibility index (Phi) is 5.24. The molecule has 1 amide bonds. The van der Waals surface area contributed by atoms with E-state index >= 15 is 0 Å². The van der Waals surface area contributed by atoms with Crippen molar-refractivity contribution in [2.75, 3.05) is 11.9 Å². The van der Waals surface area contributed by atoms with Gasteiger partial charge in [0.05, 0.1) is 6.20 Å². The highest BCUT2D eigenvalue weighted by Crippen LogP contribution is 2.16. The van der Waals surface area contributed by atoms with Crippen molar-refractivity contribution in [2.24, 2.45) is 5.73 Å². The van der Waals surface area contributed by atoms with Crippen LogP contribution >= 0.6 is 28.1 Å². The Morgan fingerprint density at radius 3 is 2.67 bits per heavy atom. The molecule has 1 aromatic heterocycles. The van der Waals surface area contributed by atoms with Crippen molar-refractivity contribution < 1.29 is 9.53 Å². The van der Waals surface area contributed by atoms with Gasteiger partial charge in [0.2, 0.25) is 0 Å². The minimum Gasteiger partial charge on any atom is -0.482 e. The fraction of sp³-hybridized carbons (Fsp3) is 0.0714. The van der Waals surface area contributed by atoms with Gasteiger partial charge in [-0.05, 0) is 46.3 Å². The second-order valence-corrected chi connectivity index (χ2v) is 5.47. The van der Waals surface area contributed by atoms with Crippen molar-refractivity contribution in [3.63, 3.8) is 0 Å². The van der Waals surface area contributed by atoms with E-state index in [1.807, 2.05) is 0 Å². The number of halogens is 1. The van der Waals surface area contributed by atoms with Crippen LogP contribution < -0.4 is 15.8 Å². The molecule has 108 valence electrons. The molecule has 2 aromatic rings. The van der Waals surface area contributed by atoms with Crippen LogP contribution in [0.5, 0.6) is 5.75 Å². The summed E-state index contributed by atoms with van der Waals surface area (Å²) in [5.41, 5.74) is 6.90. The first-order valence-corrected chi connectivity index (χ1v) is 7.18. The number of carbonyl (C=O) groups is 1. The number of rotatable bonds is 5. The molecule has 0 unspecified atom stereocenters. The molecule has 21 heavy (non-hydrogen) atoms. The Labute approximate surface area is 135 Å². The summed E-state index contributed by atoms with van der Waals surface area (Å²) in [6, 6.07) is 8.69. The molecular weight excluding hydrogens is 354 g/mol. The van der Waals surface area contributed by atoms with Gasteiger partial charge in [-0.3, -0.25) is 9.78 Å². The van der Waals surface area contributed by atoms with Crippen molar-refractivity contribution in [3.8, 4) is 5.75 Å². The van der Waals surface area contributed by atoms with Crippen LogP contribution in [0.4, 0.5) is 5.69 Å². The predicted molar refractivity (Wildman–Crippen MR) is 88.4 cm³/mol. The van der Waals surface area contributed by atoms with Crippen molar-refractivity contribution in [2.45, 2.75) is 0 Å². The first-order chi connectivity index (χ1) is 10.0. The summed E-state index contributed by atoms with van der Waals surface area (Å²) < 4.78 is 6.12. The summed E-state index contributed by atoms with van der Waals surface area (Å²) >= 11 is 8.14. The maximum atomic E-state index is 11.8. The fourth-order valence-electron chi connectivity index (χ4n) is 1.54. The number of aromatic nitrogens is 1. The second kappa shape index (κ2) is 7.14. The number of nitrogens with one attached hydrogen (secondary N) is 1.